The third-order valence-electron chi connectivity index (χ3n) is 2.50. The van der Waals surface area contributed by atoms with Crippen LogP contribution in [0.25, 0.3) is 0 Å². The average molecular weight is 252 g/mol. The van der Waals surface area contributed by atoms with Crippen LogP contribution in [-0.2, 0) is 13.7 Å². The molecule has 0 aliphatic rings. The molecule has 0 atom stereocenters. The van der Waals surface area contributed by atoms with E-state index >= 15 is 0 Å². The molecule has 1 aromatic heterocycles. The van der Waals surface area contributed by atoms with Gasteiger partial charge in [0.2, 0.25) is 0 Å². The van der Waals surface area contributed by atoms with Crippen molar-refractivity contribution in [1.29, 1.82) is 0 Å². The van der Waals surface area contributed by atoms with E-state index in [0.717, 1.165) is 11.4 Å². The molecule has 0 aliphatic carbocycles. The van der Waals surface area contributed by atoms with Crippen LogP contribution in [0, 0.1) is 6.92 Å². The number of nitrogen functional groups attached to an aromatic ring is 1. The quantitative estimate of drug-likeness (QED) is 0.853. The highest BCUT2D eigenvalue weighted by molar-refractivity contribution is 6.32. The molecule has 2 aromatic rings. The van der Waals surface area contributed by atoms with Crippen molar-refractivity contribution in [3.8, 4) is 5.75 Å². The predicted molar refractivity (Wildman–Crippen MR) is 68.1 cm³/mol. The Morgan fingerprint density at radius 1 is 1.41 bits per heavy atom. The summed E-state index contributed by atoms with van der Waals surface area (Å²) in [6.45, 7) is 2.39. The Labute approximate surface area is 105 Å². The van der Waals surface area contributed by atoms with E-state index in [0.29, 0.717) is 23.1 Å². The van der Waals surface area contributed by atoms with Crippen molar-refractivity contribution in [2.24, 2.45) is 7.05 Å². The zero-order valence-corrected chi connectivity index (χ0v) is 10.5. The maximum absolute atomic E-state index is 6.00. The summed E-state index contributed by atoms with van der Waals surface area (Å²) in [5.74, 6) is 0.615. The van der Waals surface area contributed by atoms with Gasteiger partial charge in [0.15, 0.2) is 0 Å². The minimum absolute atomic E-state index is 0.394. The fourth-order valence-corrected chi connectivity index (χ4v) is 1.73. The molecule has 90 valence electrons. The molecule has 0 saturated heterocycles. The van der Waals surface area contributed by atoms with Crippen LogP contribution in [0.3, 0.4) is 0 Å². The Morgan fingerprint density at radius 3 is 2.76 bits per heavy atom. The van der Waals surface area contributed by atoms with Crippen molar-refractivity contribution >= 4 is 17.3 Å². The molecule has 0 saturated carbocycles. The zero-order valence-electron chi connectivity index (χ0n) is 9.77. The molecule has 5 heteroatoms. The van der Waals surface area contributed by atoms with Crippen molar-refractivity contribution in [2.45, 2.75) is 13.5 Å². The van der Waals surface area contributed by atoms with Crippen LogP contribution in [0.15, 0.2) is 24.3 Å². The van der Waals surface area contributed by atoms with E-state index in [2.05, 4.69) is 5.10 Å². The second-order valence-corrected chi connectivity index (χ2v) is 4.29. The number of aryl methyl sites for hydroxylation is 2. The highest BCUT2D eigenvalue weighted by Gasteiger charge is 2.05. The third-order valence-corrected chi connectivity index (χ3v) is 2.79. The Kier molecular flexibility index (Phi) is 3.24. The summed E-state index contributed by atoms with van der Waals surface area (Å²) in [5, 5.41) is 4.81. The number of halogens is 1. The topological polar surface area (TPSA) is 53.1 Å². The van der Waals surface area contributed by atoms with Crippen LogP contribution >= 0.6 is 11.6 Å². The Balaban J connectivity index is 2.07. The summed E-state index contributed by atoms with van der Waals surface area (Å²) in [4.78, 5) is 0. The lowest BCUT2D eigenvalue weighted by molar-refractivity contribution is 0.300. The number of nitrogens with two attached hydrogens (primary N) is 1. The van der Waals surface area contributed by atoms with E-state index in [-0.39, 0.29) is 0 Å². The number of ether oxygens (including phenoxy) is 1. The van der Waals surface area contributed by atoms with E-state index in [4.69, 9.17) is 22.1 Å². The molecule has 1 heterocycles. The van der Waals surface area contributed by atoms with Gasteiger partial charge in [0.05, 0.1) is 5.02 Å². The molecule has 0 unspecified atom stereocenters. The molecule has 1 aromatic carbocycles. The Bertz CT molecular complexity index is 517. The number of anilines is 1. The molecule has 0 spiro atoms. The molecule has 0 amide bonds. The lowest BCUT2D eigenvalue weighted by Crippen LogP contribution is -1.99. The smallest absolute Gasteiger partial charge is 0.138 e. The molecular weight excluding hydrogens is 238 g/mol. The van der Waals surface area contributed by atoms with Gasteiger partial charge in [-0.05, 0) is 31.2 Å². The summed E-state index contributed by atoms with van der Waals surface area (Å²) in [6.07, 6.45) is 0. The van der Waals surface area contributed by atoms with Crippen molar-refractivity contribution in [2.75, 3.05) is 5.73 Å². The Hall–Kier alpha value is -1.68. The van der Waals surface area contributed by atoms with Gasteiger partial charge < -0.3 is 10.5 Å². The maximum atomic E-state index is 6.00. The van der Waals surface area contributed by atoms with Gasteiger partial charge in [-0.15, -0.1) is 0 Å². The highest BCUT2D eigenvalue weighted by Crippen LogP contribution is 2.26. The number of aromatic nitrogens is 2. The first-order chi connectivity index (χ1) is 8.06. The highest BCUT2D eigenvalue weighted by atomic mass is 35.5. The van der Waals surface area contributed by atoms with Crippen LogP contribution in [0.2, 0.25) is 5.02 Å². The monoisotopic (exact) mass is 251 g/mol. The molecule has 0 bridgehead atoms. The molecule has 0 radical (unpaired) electrons. The lowest BCUT2D eigenvalue weighted by Gasteiger charge is -2.06. The lowest BCUT2D eigenvalue weighted by atomic mass is 10.3. The second kappa shape index (κ2) is 4.67. The minimum atomic E-state index is 0.394. The van der Waals surface area contributed by atoms with Gasteiger partial charge in [0.25, 0.3) is 0 Å². The van der Waals surface area contributed by atoms with Gasteiger partial charge in [-0.3, -0.25) is 4.68 Å². The van der Waals surface area contributed by atoms with E-state index in [1.54, 1.807) is 18.2 Å². The van der Waals surface area contributed by atoms with Gasteiger partial charge >= 0.3 is 0 Å². The molecule has 0 fully saturated rings. The number of hydrogen-bond acceptors (Lipinski definition) is 3. The standard InChI is InChI=1S/C12H14ClN3O/c1-8-5-10(15-16(8)2)7-17-12-4-3-9(14)6-11(12)13/h3-6H,7,14H2,1-2H3. The predicted octanol–water partition coefficient (Wildman–Crippen LogP) is 2.54. The Morgan fingerprint density at radius 2 is 2.18 bits per heavy atom. The second-order valence-electron chi connectivity index (χ2n) is 3.88. The van der Waals surface area contributed by atoms with Crippen LogP contribution in [0.5, 0.6) is 5.75 Å². The van der Waals surface area contributed by atoms with E-state index in [1.807, 2.05) is 24.7 Å². The van der Waals surface area contributed by atoms with Crippen LogP contribution < -0.4 is 10.5 Å². The zero-order chi connectivity index (χ0) is 12.4. The fourth-order valence-electron chi connectivity index (χ4n) is 1.49. The minimum Gasteiger partial charge on any atom is -0.486 e. The number of nitrogens with zero attached hydrogens (tertiary/aromatic N) is 2. The molecule has 17 heavy (non-hydrogen) atoms. The number of rotatable bonds is 3. The average Bonchev–Trinajstić information content (AvgIpc) is 2.57. The molecular formula is C12H14ClN3O. The summed E-state index contributed by atoms with van der Waals surface area (Å²) in [6, 6.07) is 7.16. The van der Waals surface area contributed by atoms with Gasteiger partial charge in [-0.1, -0.05) is 11.6 Å². The summed E-state index contributed by atoms with van der Waals surface area (Å²) in [7, 11) is 1.90. The van der Waals surface area contributed by atoms with Gasteiger partial charge in [0.1, 0.15) is 18.1 Å². The molecule has 4 nitrogen and oxygen atoms in total. The van der Waals surface area contributed by atoms with Crippen molar-refractivity contribution in [1.82, 2.24) is 9.78 Å². The van der Waals surface area contributed by atoms with E-state index in [9.17, 15) is 0 Å². The van der Waals surface area contributed by atoms with E-state index in [1.165, 1.54) is 0 Å². The molecule has 2 rings (SSSR count). The molecule has 2 N–H and O–H groups in total. The first-order valence-corrected chi connectivity index (χ1v) is 5.61. The van der Waals surface area contributed by atoms with Gasteiger partial charge in [-0.2, -0.15) is 5.10 Å². The van der Waals surface area contributed by atoms with Crippen LogP contribution in [0.1, 0.15) is 11.4 Å². The largest absolute Gasteiger partial charge is 0.486 e. The van der Waals surface area contributed by atoms with Crippen molar-refractivity contribution in [3.63, 3.8) is 0 Å². The maximum Gasteiger partial charge on any atom is 0.138 e. The summed E-state index contributed by atoms with van der Waals surface area (Å²) < 4.78 is 7.39. The summed E-state index contributed by atoms with van der Waals surface area (Å²) >= 11 is 6.00. The van der Waals surface area contributed by atoms with Crippen LogP contribution in [-0.4, -0.2) is 9.78 Å². The third kappa shape index (κ3) is 2.71. The summed E-state index contributed by atoms with van der Waals surface area (Å²) in [5.41, 5.74) is 8.19. The van der Waals surface area contributed by atoms with Gasteiger partial charge in [0, 0.05) is 18.4 Å². The normalized spacial score (nSPS) is 10.5. The van der Waals surface area contributed by atoms with Crippen LogP contribution in [0.4, 0.5) is 5.69 Å². The van der Waals surface area contributed by atoms with Gasteiger partial charge in [-0.25, -0.2) is 0 Å². The first kappa shape index (κ1) is 11.8. The molecule has 0 aliphatic heterocycles. The fraction of sp³-hybridized carbons (Fsp3) is 0.250. The SMILES string of the molecule is Cc1cc(COc2ccc(N)cc2Cl)nn1C. The van der Waals surface area contributed by atoms with Crippen molar-refractivity contribution < 1.29 is 4.74 Å². The van der Waals surface area contributed by atoms with Crippen molar-refractivity contribution in [3.05, 3.63) is 40.7 Å². The first-order valence-electron chi connectivity index (χ1n) is 5.23. The van der Waals surface area contributed by atoms with E-state index < -0.39 is 0 Å². The number of benzene rings is 1. The number of hydrogen-bond donors (Lipinski definition) is 1.